The van der Waals surface area contributed by atoms with Gasteiger partial charge in [0.1, 0.15) is 5.75 Å². The van der Waals surface area contributed by atoms with Crippen LogP contribution >= 0.6 is 11.6 Å². The van der Waals surface area contributed by atoms with Crippen molar-refractivity contribution in [1.82, 2.24) is 5.32 Å². The largest absolute Gasteiger partial charge is 0.492 e. The van der Waals surface area contributed by atoms with Crippen LogP contribution in [-0.2, 0) is 10.1 Å². The molecule has 0 radical (unpaired) electrons. The molecule has 134 valence electrons. The van der Waals surface area contributed by atoms with Crippen molar-refractivity contribution in [2.24, 2.45) is 0 Å². The lowest BCUT2D eigenvalue weighted by Gasteiger charge is -2.09. The van der Waals surface area contributed by atoms with Gasteiger partial charge in [0, 0.05) is 12.2 Å². The van der Waals surface area contributed by atoms with Crippen LogP contribution in [0.3, 0.4) is 0 Å². The summed E-state index contributed by atoms with van der Waals surface area (Å²) in [5.41, 5.74) is 0.400. The summed E-state index contributed by atoms with van der Waals surface area (Å²) in [5.74, 6) is 0.590. The number of para-hydroxylation sites is 1. The quantitative estimate of drug-likeness (QED) is 0.502. The van der Waals surface area contributed by atoms with E-state index in [1.54, 1.807) is 12.1 Å². The van der Waals surface area contributed by atoms with Crippen LogP contribution in [0.25, 0.3) is 0 Å². The Balaban J connectivity index is 1.70. The predicted molar refractivity (Wildman–Crippen MR) is 94.8 cm³/mol. The SMILES string of the molecule is O=C(NCCCOc1ccccc1Cl)Nc1ccc(S(=O)(=O)O)cc1. The fourth-order valence-electron chi connectivity index (χ4n) is 1.90. The van der Waals surface area contributed by atoms with Crippen molar-refractivity contribution in [1.29, 1.82) is 0 Å². The fraction of sp³-hybridized carbons (Fsp3) is 0.188. The van der Waals surface area contributed by atoms with E-state index in [-0.39, 0.29) is 4.90 Å². The lowest BCUT2D eigenvalue weighted by atomic mass is 10.3. The molecule has 0 saturated heterocycles. The van der Waals surface area contributed by atoms with E-state index in [4.69, 9.17) is 20.9 Å². The highest BCUT2D eigenvalue weighted by atomic mass is 35.5. The average Bonchev–Trinajstić information content (AvgIpc) is 2.56. The monoisotopic (exact) mass is 384 g/mol. The third-order valence-corrected chi connectivity index (χ3v) is 4.29. The van der Waals surface area contributed by atoms with Crippen LogP contribution in [0.1, 0.15) is 6.42 Å². The van der Waals surface area contributed by atoms with Gasteiger partial charge in [-0.15, -0.1) is 0 Å². The molecule has 2 amide bonds. The summed E-state index contributed by atoms with van der Waals surface area (Å²) in [7, 11) is -4.25. The molecule has 0 aliphatic rings. The fourth-order valence-corrected chi connectivity index (χ4v) is 2.57. The normalized spacial score (nSPS) is 11.0. The number of rotatable bonds is 7. The molecule has 0 aliphatic heterocycles. The molecule has 0 aliphatic carbocycles. The van der Waals surface area contributed by atoms with Gasteiger partial charge in [-0.05, 0) is 42.8 Å². The van der Waals surface area contributed by atoms with Crippen LogP contribution in [0, 0.1) is 0 Å². The molecule has 0 atom stereocenters. The van der Waals surface area contributed by atoms with E-state index in [1.165, 1.54) is 24.3 Å². The first-order valence-electron chi connectivity index (χ1n) is 7.36. The lowest BCUT2D eigenvalue weighted by Crippen LogP contribution is -2.30. The Morgan fingerprint density at radius 2 is 1.80 bits per heavy atom. The van der Waals surface area contributed by atoms with Crippen molar-refractivity contribution in [3.8, 4) is 5.75 Å². The molecule has 0 saturated carbocycles. The molecule has 0 aromatic heterocycles. The number of ether oxygens (including phenoxy) is 1. The Morgan fingerprint density at radius 3 is 2.44 bits per heavy atom. The number of carbonyl (C=O) groups is 1. The van der Waals surface area contributed by atoms with Gasteiger partial charge in [0.05, 0.1) is 16.5 Å². The van der Waals surface area contributed by atoms with Gasteiger partial charge in [-0.1, -0.05) is 23.7 Å². The first kappa shape index (κ1) is 19.0. The van der Waals surface area contributed by atoms with Crippen molar-refractivity contribution in [2.75, 3.05) is 18.5 Å². The summed E-state index contributed by atoms with van der Waals surface area (Å²) in [5, 5.41) is 5.73. The molecule has 0 fully saturated rings. The standard InChI is InChI=1S/C16H17ClN2O5S/c17-14-4-1-2-5-15(14)24-11-3-10-18-16(20)19-12-6-8-13(9-7-12)25(21,22)23/h1-2,4-9H,3,10-11H2,(H2,18,19,20)(H,21,22,23). The zero-order valence-corrected chi connectivity index (χ0v) is 14.7. The molecule has 2 aromatic rings. The third-order valence-electron chi connectivity index (χ3n) is 3.11. The van der Waals surface area contributed by atoms with Crippen LogP contribution < -0.4 is 15.4 Å². The van der Waals surface area contributed by atoms with Gasteiger partial charge in [0.25, 0.3) is 10.1 Å². The van der Waals surface area contributed by atoms with E-state index >= 15 is 0 Å². The Kier molecular flexibility index (Phi) is 6.63. The molecule has 9 heteroatoms. The van der Waals surface area contributed by atoms with Gasteiger partial charge >= 0.3 is 6.03 Å². The molecule has 2 aromatic carbocycles. The minimum atomic E-state index is -4.25. The number of hydrogen-bond acceptors (Lipinski definition) is 4. The summed E-state index contributed by atoms with van der Waals surface area (Å²) in [6.07, 6.45) is 0.584. The first-order valence-corrected chi connectivity index (χ1v) is 9.18. The number of hydrogen-bond donors (Lipinski definition) is 3. The molecule has 3 N–H and O–H groups in total. The molecule has 0 spiro atoms. The van der Waals surface area contributed by atoms with Crippen molar-refractivity contribution in [3.05, 3.63) is 53.6 Å². The van der Waals surface area contributed by atoms with Crippen LogP contribution in [0.5, 0.6) is 5.75 Å². The van der Waals surface area contributed by atoms with Gasteiger partial charge < -0.3 is 15.4 Å². The Hall–Kier alpha value is -2.29. The molecule has 0 unspecified atom stereocenters. The van der Waals surface area contributed by atoms with E-state index < -0.39 is 16.1 Å². The second-order valence-electron chi connectivity index (χ2n) is 5.01. The Bertz CT molecular complexity index is 825. The van der Waals surface area contributed by atoms with Crippen LogP contribution in [0.15, 0.2) is 53.4 Å². The number of carbonyl (C=O) groups excluding carboxylic acids is 1. The summed E-state index contributed by atoms with van der Waals surface area (Å²) < 4.78 is 36.2. The van der Waals surface area contributed by atoms with E-state index in [1.807, 2.05) is 12.1 Å². The zero-order valence-electron chi connectivity index (χ0n) is 13.1. The number of amides is 2. The molecule has 25 heavy (non-hydrogen) atoms. The van der Waals surface area contributed by atoms with E-state index in [0.717, 1.165) is 0 Å². The maximum absolute atomic E-state index is 11.7. The van der Waals surface area contributed by atoms with Gasteiger partial charge in [0.15, 0.2) is 0 Å². The second-order valence-corrected chi connectivity index (χ2v) is 6.84. The molecule has 0 bridgehead atoms. The van der Waals surface area contributed by atoms with Crippen LogP contribution in [0.2, 0.25) is 5.02 Å². The Morgan fingerprint density at radius 1 is 1.12 bits per heavy atom. The minimum absolute atomic E-state index is 0.241. The molecule has 0 heterocycles. The summed E-state index contributed by atoms with van der Waals surface area (Å²) >= 11 is 5.96. The molecule has 7 nitrogen and oxygen atoms in total. The molecular weight excluding hydrogens is 368 g/mol. The number of nitrogens with one attached hydrogen (secondary N) is 2. The lowest BCUT2D eigenvalue weighted by molar-refractivity contribution is 0.250. The van der Waals surface area contributed by atoms with Crippen molar-refractivity contribution >= 4 is 33.4 Å². The number of urea groups is 1. The molecule has 2 rings (SSSR count). The number of benzene rings is 2. The average molecular weight is 385 g/mol. The van der Waals surface area contributed by atoms with E-state index in [0.29, 0.717) is 36.0 Å². The summed E-state index contributed by atoms with van der Waals surface area (Å²) in [4.78, 5) is 11.5. The van der Waals surface area contributed by atoms with Gasteiger partial charge in [-0.2, -0.15) is 8.42 Å². The van der Waals surface area contributed by atoms with E-state index in [2.05, 4.69) is 10.6 Å². The van der Waals surface area contributed by atoms with Gasteiger partial charge in [-0.25, -0.2) is 4.79 Å². The Labute approximate surface area is 150 Å². The highest BCUT2D eigenvalue weighted by molar-refractivity contribution is 7.85. The maximum atomic E-state index is 11.7. The van der Waals surface area contributed by atoms with E-state index in [9.17, 15) is 13.2 Å². The summed E-state index contributed by atoms with van der Waals surface area (Å²) in [6.45, 7) is 0.784. The second kappa shape index (κ2) is 8.70. The van der Waals surface area contributed by atoms with Crippen molar-refractivity contribution < 1.29 is 22.5 Å². The summed E-state index contributed by atoms with van der Waals surface area (Å²) in [6, 6.07) is 11.8. The van der Waals surface area contributed by atoms with Gasteiger partial charge in [0.2, 0.25) is 0 Å². The van der Waals surface area contributed by atoms with Crippen molar-refractivity contribution in [2.45, 2.75) is 11.3 Å². The maximum Gasteiger partial charge on any atom is 0.319 e. The smallest absolute Gasteiger partial charge is 0.319 e. The van der Waals surface area contributed by atoms with Crippen LogP contribution in [0.4, 0.5) is 10.5 Å². The highest BCUT2D eigenvalue weighted by Crippen LogP contribution is 2.22. The number of halogens is 1. The minimum Gasteiger partial charge on any atom is -0.492 e. The topological polar surface area (TPSA) is 105 Å². The van der Waals surface area contributed by atoms with Gasteiger partial charge in [-0.3, -0.25) is 4.55 Å². The highest BCUT2D eigenvalue weighted by Gasteiger charge is 2.09. The molecular formula is C16H17ClN2O5S. The first-order chi connectivity index (χ1) is 11.9. The predicted octanol–water partition coefficient (Wildman–Crippen LogP) is 3.18. The van der Waals surface area contributed by atoms with Crippen LogP contribution in [-0.4, -0.2) is 32.2 Å². The zero-order chi connectivity index (χ0) is 18.3. The third kappa shape index (κ3) is 6.26. The van der Waals surface area contributed by atoms with Crippen molar-refractivity contribution in [3.63, 3.8) is 0 Å². The number of anilines is 1.